The molecule has 1 aromatic heterocycles. The quantitative estimate of drug-likeness (QED) is 0.250. The molecule has 0 saturated heterocycles. The van der Waals surface area contributed by atoms with Gasteiger partial charge in [0.15, 0.2) is 4.67 Å². The van der Waals surface area contributed by atoms with Crippen molar-refractivity contribution in [3.8, 4) is 0 Å². The van der Waals surface area contributed by atoms with Gasteiger partial charge in [-0.2, -0.15) is 0 Å². The number of hydrogen-bond donors (Lipinski definition) is 3. The fourth-order valence-corrected chi connectivity index (χ4v) is 1.49. The van der Waals surface area contributed by atoms with Crippen LogP contribution in [0.5, 0.6) is 0 Å². The van der Waals surface area contributed by atoms with E-state index in [1.807, 2.05) is 0 Å². The summed E-state index contributed by atoms with van der Waals surface area (Å²) in [6.45, 7) is 0.451. The van der Waals surface area contributed by atoms with Gasteiger partial charge in [0.1, 0.15) is 5.84 Å². The number of furan rings is 1. The number of nitrogens with zero attached hydrogens (tertiary/aromatic N) is 1. The topological polar surface area (TPSA) is 101 Å². The van der Waals surface area contributed by atoms with Gasteiger partial charge >= 0.3 is 0 Å². The van der Waals surface area contributed by atoms with E-state index in [9.17, 15) is 4.79 Å². The summed E-state index contributed by atoms with van der Waals surface area (Å²) >= 11 is 3.11. The van der Waals surface area contributed by atoms with Gasteiger partial charge in [0.2, 0.25) is 0 Å². The number of halogens is 1. The van der Waals surface area contributed by atoms with Crippen molar-refractivity contribution in [1.82, 2.24) is 5.32 Å². The smallest absolute Gasteiger partial charge is 0.255 e. The third-order valence-electron chi connectivity index (χ3n) is 1.89. The van der Waals surface area contributed by atoms with E-state index in [1.165, 1.54) is 6.26 Å². The molecule has 16 heavy (non-hydrogen) atoms. The first-order valence-electron chi connectivity index (χ1n) is 4.62. The first-order valence-corrected chi connectivity index (χ1v) is 5.42. The van der Waals surface area contributed by atoms with Crippen LogP contribution in [0, 0.1) is 0 Å². The standard InChI is InChI=1S/C9H12BrN3O3/c10-8-6(3-5-16-8)9(14)12-4-1-2-7(11)13-15/h3,5,15H,1-2,4H2,(H2,11,13)(H,12,14). The molecule has 7 heteroatoms. The molecule has 1 aromatic rings. The molecule has 0 aliphatic carbocycles. The maximum Gasteiger partial charge on any atom is 0.255 e. The van der Waals surface area contributed by atoms with E-state index in [4.69, 9.17) is 15.4 Å². The molecular formula is C9H12BrN3O3. The molecule has 0 aliphatic heterocycles. The average Bonchev–Trinajstić information content (AvgIpc) is 2.70. The minimum atomic E-state index is -0.222. The van der Waals surface area contributed by atoms with Crippen LogP contribution in [0.2, 0.25) is 0 Å². The fourth-order valence-electron chi connectivity index (χ4n) is 1.07. The summed E-state index contributed by atoms with van der Waals surface area (Å²) in [6.07, 6.45) is 2.47. The van der Waals surface area contributed by atoms with Crippen molar-refractivity contribution >= 4 is 27.7 Å². The molecule has 0 unspecified atom stereocenters. The minimum absolute atomic E-state index is 0.152. The summed E-state index contributed by atoms with van der Waals surface area (Å²) in [5.41, 5.74) is 5.72. The largest absolute Gasteiger partial charge is 0.457 e. The van der Waals surface area contributed by atoms with E-state index in [1.54, 1.807) is 6.07 Å². The molecule has 4 N–H and O–H groups in total. The third-order valence-corrected chi connectivity index (χ3v) is 2.50. The number of carbonyl (C=O) groups excluding carboxylic acids is 1. The van der Waals surface area contributed by atoms with Gasteiger partial charge in [-0.3, -0.25) is 4.79 Å². The number of hydrogen-bond acceptors (Lipinski definition) is 4. The molecule has 1 rings (SSSR count). The fraction of sp³-hybridized carbons (Fsp3) is 0.333. The van der Waals surface area contributed by atoms with E-state index in [2.05, 4.69) is 26.4 Å². The van der Waals surface area contributed by atoms with Gasteiger partial charge in [-0.1, -0.05) is 5.16 Å². The molecule has 1 amide bonds. The molecule has 0 radical (unpaired) electrons. The second kappa shape index (κ2) is 6.16. The van der Waals surface area contributed by atoms with E-state index in [0.717, 1.165) is 0 Å². The lowest BCUT2D eigenvalue weighted by Gasteiger charge is -2.03. The molecule has 6 nitrogen and oxygen atoms in total. The number of nitrogens with two attached hydrogens (primary N) is 1. The molecule has 0 aliphatic rings. The molecule has 0 bridgehead atoms. The summed E-state index contributed by atoms with van der Waals surface area (Å²) < 4.78 is 5.34. The Morgan fingerprint density at radius 3 is 3.00 bits per heavy atom. The number of amidine groups is 1. The maximum atomic E-state index is 11.5. The highest BCUT2D eigenvalue weighted by atomic mass is 79.9. The van der Waals surface area contributed by atoms with Crippen LogP contribution in [0.25, 0.3) is 0 Å². The number of carbonyl (C=O) groups is 1. The van der Waals surface area contributed by atoms with Crippen LogP contribution >= 0.6 is 15.9 Å². The van der Waals surface area contributed by atoms with E-state index >= 15 is 0 Å². The van der Waals surface area contributed by atoms with Gasteiger partial charge in [-0.05, 0) is 28.4 Å². The molecule has 1 heterocycles. The predicted molar refractivity (Wildman–Crippen MR) is 61.4 cm³/mol. The van der Waals surface area contributed by atoms with Crippen LogP contribution in [0.3, 0.4) is 0 Å². The number of nitrogens with one attached hydrogen (secondary N) is 1. The van der Waals surface area contributed by atoms with Crippen LogP contribution in [-0.2, 0) is 0 Å². The van der Waals surface area contributed by atoms with Crippen molar-refractivity contribution in [2.45, 2.75) is 12.8 Å². The van der Waals surface area contributed by atoms with Crippen molar-refractivity contribution in [2.24, 2.45) is 10.9 Å². The summed E-state index contributed by atoms with van der Waals surface area (Å²) in [5.74, 6) is -0.0705. The van der Waals surface area contributed by atoms with Crippen molar-refractivity contribution < 1.29 is 14.4 Å². The summed E-state index contributed by atoms with van der Waals surface area (Å²) in [5, 5.41) is 13.8. The van der Waals surface area contributed by atoms with Gasteiger partial charge in [0.05, 0.1) is 11.8 Å². The predicted octanol–water partition coefficient (Wildman–Crippen LogP) is 1.30. The Hall–Kier alpha value is -1.50. The Kier molecular flexibility index (Phi) is 4.84. The third kappa shape index (κ3) is 3.58. The lowest BCUT2D eigenvalue weighted by atomic mass is 10.2. The van der Waals surface area contributed by atoms with Gasteiger partial charge in [-0.15, -0.1) is 0 Å². The zero-order valence-corrected chi connectivity index (χ0v) is 10.0. The van der Waals surface area contributed by atoms with Crippen LogP contribution < -0.4 is 11.1 Å². The molecule has 88 valence electrons. The highest BCUT2D eigenvalue weighted by Gasteiger charge is 2.11. The Morgan fingerprint density at radius 1 is 1.69 bits per heavy atom. The summed E-state index contributed by atoms with van der Waals surface area (Å²) in [4.78, 5) is 11.5. The molecular weight excluding hydrogens is 278 g/mol. The first kappa shape index (κ1) is 12.6. The number of oxime groups is 1. The molecule has 0 fully saturated rings. The van der Waals surface area contributed by atoms with Gasteiger partial charge in [0.25, 0.3) is 5.91 Å². The van der Waals surface area contributed by atoms with Gasteiger partial charge in [-0.25, -0.2) is 0 Å². The molecule has 0 atom stereocenters. The second-order valence-electron chi connectivity index (χ2n) is 3.06. The molecule has 0 saturated carbocycles. The van der Waals surface area contributed by atoms with Crippen molar-refractivity contribution in [3.63, 3.8) is 0 Å². The van der Waals surface area contributed by atoms with Crippen LogP contribution in [0.4, 0.5) is 0 Å². The number of amides is 1. The summed E-state index contributed by atoms with van der Waals surface area (Å²) in [6, 6.07) is 1.57. The Bertz CT molecular complexity index is 389. The van der Waals surface area contributed by atoms with Crippen molar-refractivity contribution in [3.05, 3.63) is 22.6 Å². The Labute approximate surface area is 101 Å². The monoisotopic (exact) mass is 289 g/mol. The lowest BCUT2D eigenvalue weighted by molar-refractivity contribution is 0.0951. The Balaban J connectivity index is 2.29. The highest BCUT2D eigenvalue weighted by molar-refractivity contribution is 9.10. The normalized spacial score (nSPS) is 11.4. The van der Waals surface area contributed by atoms with Crippen molar-refractivity contribution in [1.29, 1.82) is 0 Å². The highest BCUT2D eigenvalue weighted by Crippen LogP contribution is 2.16. The SMILES string of the molecule is N/C(CCCNC(=O)c1ccoc1Br)=N/O. The molecule has 0 spiro atoms. The molecule has 0 aromatic carbocycles. The zero-order valence-electron chi connectivity index (χ0n) is 8.44. The van der Waals surface area contributed by atoms with E-state index < -0.39 is 0 Å². The van der Waals surface area contributed by atoms with Crippen LogP contribution in [0.1, 0.15) is 23.2 Å². The lowest BCUT2D eigenvalue weighted by Crippen LogP contribution is -2.25. The minimum Gasteiger partial charge on any atom is -0.457 e. The van der Waals surface area contributed by atoms with E-state index in [0.29, 0.717) is 29.6 Å². The second-order valence-corrected chi connectivity index (χ2v) is 3.78. The van der Waals surface area contributed by atoms with E-state index in [-0.39, 0.29) is 11.7 Å². The van der Waals surface area contributed by atoms with Gasteiger partial charge in [0, 0.05) is 13.0 Å². The van der Waals surface area contributed by atoms with Crippen LogP contribution in [0.15, 0.2) is 26.6 Å². The van der Waals surface area contributed by atoms with Crippen molar-refractivity contribution in [2.75, 3.05) is 6.54 Å². The number of rotatable bonds is 5. The van der Waals surface area contributed by atoms with Crippen LogP contribution in [-0.4, -0.2) is 23.5 Å². The average molecular weight is 290 g/mol. The first-order chi connectivity index (χ1) is 7.65. The summed E-state index contributed by atoms with van der Waals surface area (Å²) in [7, 11) is 0. The van der Waals surface area contributed by atoms with Gasteiger partial charge < -0.3 is 20.7 Å². The Morgan fingerprint density at radius 2 is 2.44 bits per heavy atom. The maximum absolute atomic E-state index is 11.5. The zero-order chi connectivity index (χ0) is 12.0.